The number of ether oxygens (including phenoxy) is 1. The predicted molar refractivity (Wildman–Crippen MR) is 103 cm³/mol. The number of hydrogen-bond acceptors (Lipinski definition) is 2. The molecule has 2 aromatic carbocycles. The van der Waals surface area contributed by atoms with Crippen LogP contribution in [0.3, 0.4) is 0 Å². The third-order valence-electron chi connectivity index (χ3n) is 4.33. The molecule has 0 aromatic heterocycles. The second kappa shape index (κ2) is 10.9. The summed E-state index contributed by atoms with van der Waals surface area (Å²) in [4.78, 5) is 0. The molecule has 0 aliphatic heterocycles. The van der Waals surface area contributed by atoms with Gasteiger partial charge in [0.05, 0.1) is 6.61 Å². The highest BCUT2D eigenvalue weighted by Gasteiger charge is 2.04. The van der Waals surface area contributed by atoms with E-state index in [4.69, 9.17) is 4.74 Å². The Kier molecular flexibility index (Phi) is 8.40. The van der Waals surface area contributed by atoms with Gasteiger partial charge in [0, 0.05) is 6.04 Å². The zero-order valence-electron chi connectivity index (χ0n) is 15.1. The maximum Gasteiger partial charge on any atom is 0.119 e. The van der Waals surface area contributed by atoms with E-state index in [0.717, 1.165) is 38.2 Å². The highest BCUT2D eigenvalue weighted by Crippen LogP contribution is 2.18. The Morgan fingerprint density at radius 1 is 0.917 bits per heavy atom. The van der Waals surface area contributed by atoms with Crippen LogP contribution >= 0.6 is 0 Å². The summed E-state index contributed by atoms with van der Waals surface area (Å²) in [6.45, 7) is 6.29. The van der Waals surface area contributed by atoms with Gasteiger partial charge in [-0.05, 0) is 56.0 Å². The van der Waals surface area contributed by atoms with Gasteiger partial charge in [0.25, 0.3) is 0 Å². The standard InChI is InChI=1S/C22H31NO/c1-3-4-8-18-24-22-15-13-21(14-16-22)19(2)23-17-9-12-20-10-6-5-7-11-20/h5-7,10-11,13-16,19,23H,3-4,8-9,12,17-18H2,1-2H3. The number of aryl methyl sites for hydroxylation is 1. The molecule has 130 valence electrons. The molecule has 0 bridgehead atoms. The van der Waals surface area contributed by atoms with Crippen molar-refractivity contribution in [2.45, 2.75) is 52.0 Å². The normalized spacial score (nSPS) is 12.1. The van der Waals surface area contributed by atoms with Gasteiger partial charge < -0.3 is 10.1 Å². The minimum atomic E-state index is 0.370. The van der Waals surface area contributed by atoms with E-state index < -0.39 is 0 Å². The highest BCUT2D eigenvalue weighted by atomic mass is 16.5. The lowest BCUT2D eigenvalue weighted by atomic mass is 10.1. The molecule has 0 radical (unpaired) electrons. The van der Waals surface area contributed by atoms with E-state index in [9.17, 15) is 0 Å². The topological polar surface area (TPSA) is 21.3 Å². The maximum absolute atomic E-state index is 5.77. The molecule has 0 spiro atoms. The summed E-state index contributed by atoms with van der Waals surface area (Å²) < 4.78 is 5.77. The summed E-state index contributed by atoms with van der Waals surface area (Å²) in [5.74, 6) is 0.978. The Morgan fingerprint density at radius 2 is 1.67 bits per heavy atom. The molecule has 2 rings (SSSR count). The van der Waals surface area contributed by atoms with Gasteiger partial charge in [-0.15, -0.1) is 0 Å². The number of hydrogen-bond donors (Lipinski definition) is 1. The van der Waals surface area contributed by atoms with Crippen LogP contribution in [-0.2, 0) is 6.42 Å². The van der Waals surface area contributed by atoms with E-state index in [0.29, 0.717) is 6.04 Å². The van der Waals surface area contributed by atoms with Crippen molar-refractivity contribution in [1.29, 1.82) is 0 Å². The van der Waals surface area contributed by atoms with Gasteiger partial charge in [0.2, 0.25) is 0 Å². The van der Waals surface area contributed by atoms with Crippen LogP contribution in [0, 0.1) is 0 Å². The SMILES string of the molecule is CCCCCOc1ccc(C(C)NCCCc2ccccc2)cc1. The molecule has 0 amide bonds. The van der Waals surface area contributed by atoms with Gasteiger partial charge in [-0.1, -0.05) is 62.2 Å². The first-order valence-electron chi connectivity index (χ1n) is 9.29. The van der Waals surface area contributed by atoms with Gasteiger partial charge in [0.1, 0.15) is 5.75 Å². The minimum Gasteiger partial charge on any atom is -0.494 e. The fourth-order valence-corrected chi connectivity index (χ4v) is 2.77. The molecule has 1 atom stereocenters. The van der Waals surface area contributed by atoms with E-state index in [2.05, 4.69) is 73.8 Å². The Hall–Kier alpha value is -1.80. The van der Waals surface area contributed by atoms with Gasteiger partial charge in [-0.25, -0.2) is 0 Å². The lowest BCUT2D eigenvalue weighted by Crippen LogP contribution is -2.20. The molecule has 2 aromatic rings. The number of benzene rings is 2. The van der Waals surface area contributed by atoms with Crippen molar-refractivity contribution < 1.29 is 4.74 Å². The lowest BCUT2D eigenvalue weighted by molar-refractivity contribution is 0.306. The molecule has 24 heavy (non-hydrogen) atoms. The number of rotatable bonds is 11. The summed E-state index contributed by atoms with van der Waals surface area (Å²) >= 11 is 0. The molecule has 2 heteroatoms. The zero-order chi connectivity index (χ0) is 17.0. The van der Waals surface area contributed by atoms with Crippen molar-refractivity contribution >= 4 is 0 Å². The summed E-state index contributed by atoms with van der Waals surface area (Å²) in [7, 11) is 0. The van der Waals surface area contributed by atoms with Crippen LogP contribution < -0.4 is 10.1 Å². The Balaban J connectivity index is 1.67. The summed E-state index contributed by atoms with van der Waals surface area (Å²) in [5.41, 5.74) is 2.73. The van der Waals surface area contributed by atoms with Crippen LogP contribution in [0.25, 0.3) is 0 Å². The summed E-state index contributed by atoms with van der Waals surface area (Å²) in [6, 6.07) is 19.6. The molecule has 0 fully saturated rings. The first-order valence-corrected chi connectivity index (χ1v) is 9.29. The summed E-state index contributed by atoms with van der Waals surface area (Å²) in [5, 5.41) is 3.61. The average Bonchev–Trinajstić information content (AvgIpc) is 2.63. The highest BCUT2D eigenvalue weighted by molar-refractivity contribution is 5.29. The van der Waals surface area contributed by atoms with Gasteiger partial charge in [-0.3, -0.25) is 0 Å². The summed E-state index contributed by atoms with van der Waals surface area (Å²) in [6.07, 6.45) is 5.90. The second-order valence-corrected chi connectivity index (χ2v) is 6.39. The third-order valence-corrected chi connectivity index (χ3v) is 4.33. The smallest absolute Gasteiger partial charge is 0.119 e. The Bertz CT molecular complexity index is 550. The van der Waals surface area contributed by atoms with E-state index >= 15 is 0 Å². The molecule has 0 aliphatic carbocycles. The molecule has 0 heterocycles. The first kappa shape index (κ1) is 18.5. The molecule has 2 nitrogen and oxygen atoms in total. The average molecular weight is 325 g/mol. The lowest BCUT2D eigenvalue weighted by Gasteiger charge is -2.15. The third kappa shape index (κ3) is 6.76. The second-order valence-electron chi connectivity index (χ2n) is 6.39. The fraction of sp³-hybridized carbons (Fsp3) is 0.455. The van der Waals surface area contributed by atoms with Crippen molar-refractivity contribution in [2.24, 2.45) is 0 Å². The molecular weight excluding hydrogens is 294 g/mol. The van der Waals surface area contributed by atoms with E-state index in [1.165, 1.54) is 24.0 Å². The van der Waals surface area contributed by atoms with E-state index in [1.54, 1.807) is 0 Å². The molecule has 1 unspecified atom stereocenters. The minimum absolute atomic E-state index is 0.370. The molecule has 0 saturated heterocycles. The van der Waals surface area contributed by atoms with E-state index in [-0.39, 0.29) is 0 Å². The van der Waals surface area contributed by atoms with Gasteiger partial charge in [-0.2, -0.15) is 0 Å². The molecule has 1 N–H and O–H groups in total. The number of unbranched alkanes of at least 4 members (excludes halogenated alkanes) is 2. The van der Waals surface area contributed by atoms with E-state index in [1.807, 2.05) is 0 Å². The van der Waals surface area contributed by atoms with Crippen molar-refractivity contribution in [3.8, 4) is 5.75 Å². The monoisotopic (exact) mass is 325 g/mol. The van der Waals surface area contributed by atoms with Crippen LogP contribution in [0.2, 0.25) is 0 Å². The fourth-order valence-electron chi connectivity index (χ4n) is 2.77. The van der Waals surface area contributed by atoms with Gasteiger partial charge in [0.15, 0.2) is 0 Å². The first-order chi connectivity index (χ1) is 11.8. The van der Waals surface area contributed by atoms with Crippen LogP contribution in [-0.4, -0.2) is 13.2 Å². The maximum atomic E-state index is 5.77. The molecular formula is C22H31NO. The number of nitrogens with one attached hydrogen (secondary N) is 1. The van der Waals surface area contributed by atoms with Crippen molar-refractivity contribution in [1.82, 2.24) is 5.32 Å². The van der Waals surface area contributed by atoms with Crippen molar-refractivity contribution in [2.75, 3.05) is 13.2 Å². The van der Waals surface area contributed by atoms with Crippen LogP contribution in [0.5, 0.6) is 5.75 Å². The Morgan fingerprint density at radius 3 is 2.38 bits per heavy atom. The predicted octanol–water partition coefficient (Wildman–Crippen LogP) is 5.54. The van der Waals surface area contributed by atoms with Crippen LogP contribution in [0.4, 0.5) is 0 Å². The quantitative estimate of drug-likeness (QED) is 0.548. The van der Waals surface area contributed by atoms with Crippen LogP contribution in [0.15, 0.2) is 54.6 Å². The van der Waals surface area contributed by atoms with Gasteiger partial charge >= 0.3 is 0 Å². The molecule has 0 aliphatic rings. The largest absolute Gasteiger partial charge is 0.494 e. The zero-order valence-corrected chi connectivity index (χ0v) is 15.1. The Labute approximate surface area is 147 Å². The van der Waals surface area contributed by atoms with Crippen molar-refractivity contribution in [3.05, 3.63) is 65.7 Å². The van der Waals surface area contributed by atoms with Crippen molar-refractivity contribution in [3.63, 3.8) is 0 Å². The molecule has 0 saturated carbocycles. The van der Waals surface area contributed by atoms with Crippen LogP contribution in [0.1, 0.15) is 56.7 Å².